The van der Waals surface area contributed by atoms with Gasteiger partial charge in [-0.05, 0) is 42.1 Å². The lowest BCUT2D eigenvalue weighted by Gasteiger charge is -2.62. The Morgan fingerprint density at radius 1 is 1.16 bits per heavy atom. The molecule has 3 aliphatic carbocycles. The van der Waals surface area contributed by atoms with Gasteiger partial charge in [-0.15, -0.1) is 6.58 Å². The predicted molar refractivity (Wildman–Crippen MR) is 130 cm³/mol. The second-order valence-electron chi connectivity index (χ2n) is 12.0. The van der Waals surface area contributed by atoms with Crippen LogP contribution in [-0.2, 0) is 23.8 Å². The number of esters is 1. The Morgan fingerprint density at radius 3 is 2.46 bits per heavy atom. The second-order valence-corrected chi connectivity index (χ2v) is 12.0. The van der Waals surface area contributed by atoms with Crippen molar-refractivity contribution in [3.8, 4) is 0 Å². The number of methoxy groups -OCH3 is 1. The number of aliphatic hydroxyl groups is 5. The van der Waals surface area contributed by atoms with Crippen LogP contribution in [0.4, 0.5) is 0 Å². The summed E-state index contributed by atoms with van der Waals surface area (Å²) in [5.74, 6) is -1.42. The van der Waals surface area contributed by atoms with Crippen molar-refractivity contribution in [1.82, 2.24) is 0 Å². The summed E-state index contributed by atoms with van der Waals surface area (Å²) in [6, 6.07) is 0. The minimum Gasteiger partial charge on any atom is -0.467 e. The fourth-order valence-electron chi connectivity index (χ4n) is 7.26. The molecule has 208 valence electrons. The summed E-state index contributed by atoms with van der Waals surface area (Å²) in [5, 5.41) is 53.1. The van der Waals surface area contributed by atoms with Crippen molar-refractivity contribution in [2.75, 3.05) is 13.7 Å². The topological polar surface area (TPSA) is 163 Å². The molecule has 10 nitrogen and oxygen atoms in total. The number of aliphatic hydroxyl groups excluding tert-OH is 5. The van der Waals surface area contributed by atoms with Crippen LogP contribution in [0.3, 0.4) is 0 Å². The standard InChI is InChI=1S/C27H40O10/c1-6-25(2)8-7-14-13(10-25)15(28)9-17-26(14,3)11-16(29)22(33)27(17,4)12-36-24-20(32)18(30)19(31)21(37-24)23(34)35-5/h6,10,14,16-22,24,29-33H,1,7-9,11-12H2,2-5H3. The van der Waals surface area contributed by atoms with Crippen molar-refractivity contribution in [1.29, 1.82) is 0 Å². The van der Waals surface area contributed by atoms with Gasteiger partial charge in [-0.3, -0.25) is 4.79 Å². The molecule has 4 aliphatic rings. The van der Waals surface area contributed by atoms with E-state index >= 15 is 0 Å². The van der Waals surface area contributed by atoms with E-state index in [1.54, 1.807) is 6.92 Å². The van der Waals surface area contributed by atoms with Crippen molar-refractivity contribution in [3.05, 3.63) is 24.3 Å². The highest BCUT2D eigenvalue weighted by atomic mass is 16.7. The van der Waals surface area contributed by atoms with Crippen molar-refractivity contribution < 1.29 is 49.3 Å². The van der Waals surface area contributed by atoms with E-state index in [9.17, 15) is 35.1 Å². The van der Waals surface area contributed by atoms with Crippen LogP contribution >= 0.6 is 0 Å². The largest absolute Gasteiger partial charge is 0.467 e. The van der Waals surface area contributed by atoms with E-state index in [4.69, 9.17) is 9.47 Å². The molecule has 1 aliphatic heterocycles. The number of rotatable bonds is 5. The molecule has 4 rings (SSSR count). The third-order valence-corrected chi connectivity index (χ3v) is 9.65. The Balaban J connectivity index is 1.62. The lowest BCUT2D eigenvalue weighted by atomic mass is 9.44. The molecular weight excluding hydrogens is 484 g/mol. The van der Waals surface area contributed by atoms with E-state index < -0.39 is 59.7 Å². The van der Waals surface area contributed by atoms with Gasteiger partial charge in [0.15, 0.2) is 18.2 Å². The van der Waals surface area contributed by atoms with Crippen molar-refractivity contribution in [3.63, 3.8) is 0 Å². The summed E-state index contributed by atoms with van der Waals surface area (Å²) in [7, 11) is 1.10. The number of allylic oxidation sites excluding steroid dienone is 3. The van der Waals surface area contributed by atoms with E-state index in [1.807, 2.05) is 26.0 Å². The number of hydrogen-bond acceptors (Lipinski definition) is 10. The van der Waals surface area contributed by atoms with Crippen molar-refractivity contribution in [2.45, 2.75) is 89.4 Å². The molecule has 3 fully saturated rings. The molecule has 2 saturated carbocycles. The summed E-state index contributed by atoms with van der Waals surface area (Å²) < 4.78 is 15.9. The first-order valence-corrected chi connectivity index (χ1v) is 12.9. The maximum absolute atomic E-state index is 13.4. The monoisotopic (exact) mass is 524 g/mol. The number of carbonyl (C=O) groups excluding carboxylic acids is 2. The first kappa shape index (κ1) is 28.4. The smallest absolute Gasteiger partial charge is 0.337 e. The molecular formula is C27H40O10. The summed E-state index contributed by atoms with van der Waals surface area (Å²) in [6.07, 6.45) is -4.70. The highest BCUT2D eigenvalue weighted by Gasteiger charge is 2.63. The van der Waals surface area contributed by atoms with Gasteiger partial charge in [0, 0.05) is 17.3 Å². The number of ether oxygens (including phenoxy) is 3. The van der Waals surface area contributed by atoms with Crippen molar-refractivity contribution >= 4 is 11.8 Å². The maximum Gasteiger partial charge on any atom is 0.337 e. The molecule has 0 spiro atoms. The van der Waals surface area contributed by atoms with Gasteiger partial charge in [0.1, 0.15) is 18.3 Å². The van der Waals surface area contributed by atoms with Gasteiger partial charge in [-0.2, -0.15) is 0 Å². The van der Waals surface area contributed by atoms with Crippen LogP contribution in [0, 0.1) is 28.1 Å². The number of hydrogen-bond donors (Lipinski definition) is 5. The SMILES string of the molecule is C=CC1(C)C=C2C(=O)CC3C(C)(CC(O)C(O)C3(C)COC3OC(C(=O)OC)C(O)C(O)C3O)C2CC1. The molecule has 0 aromatic heterocycles. The number of fused-ring (bicyclic) bond motifs is 3. The lowest BCUT2D eigenvalue weighted by Crippen LogP contribution is -2.65. The summed E-state index contributed by atoms with van der Waals surface area (Å²) in [4.78, 5) is 25.5. The first-order valence-electron chi connectivity index (χ1n) is 12.9. The van der Waals surface area contributed by atoms with Gasteiger partial charge < -0.3 is 39.7 Å². The molecule has 5 N–H and O–H groups in total. The number of carbonyl (C=O) groups is 2. The van der Waals surface area contributed by atoms with Crippen LogP contribution in [0.2, 0.25) is 0 Å². The zero-order valence-electron chi connectivity index (χ0n) is 21.9. The molecule has 10 heteroatoms. The molecule has 12 unspecified atom stereocenters. The minimum atomic E-state index is -1.74. The predicted octanol–water partition coefficient (Wildman–Crippen LogP) is 0.239. The molecule has 0 bridgehead atoms. The van der Waals surface area contributed by atoms with Gasteiger partial charge in [-0.25, -0.2) is 4.79 Å². The fraction of sp³-hybridized carbons (Fsp3) is 0.778. The van der Waals surface area contributed by atoms with Gasteiger partial charge in [-0.1, -0.05) is 32.9 Å². The van der Waals surface area contributed by atoms with Gasteiger partial charge in [0.05, 0.1) is 25.9 Å². The van der Waals surface area contributed by atoms with Gasteiger partial charge in [0.25, 0.3) is 0 Å². The highest BCUT2D eigenvalue weighted by molar-refractivity contribution is 5.97. The Hall–Kier alpha value is -1.66. The normalized spacial score (nSPS) is 49.9. The average molecular weight is 525 g/mol. The Kier molecular flexibility index (Phi) is 7.53. The van der Waals surface area contributed by atoms with Gasteiger partial charge in [0.2, 0.25) is 0 Å². The second kappa shape index (κ2) is 9.82. The zero-order valence-corrected chi connectivity index (χ0v) is 21.9. The van der Waals surface area contributed by atoms with E-state index in [-0.39, 0.29) is 36.1 Å². The molecule has 37 heavy (non-hydrogen) atoms. The zero-order chi connectivity index (χ0) is 27.5. The highest BCUT2D eigenvalue weighted by Crippen LogP contribution is 2.63. The van der Waals surface area contributed by atoms with E-state index in [2.05, 4.69) is 11.3 Å². The Labute approximate surface area is 216 Å². The Bertz CT molecular complexity index is 965. The van der Waals surface area contributed by atoms with Crippen LogP contribution in [0.25, 0.3) is 0 Å². The van der Waals surface area contributed by atoms with E-state index in [0.29, 0.717) is 6.42 Å². The third kappa shape index (κ3) is 4.50. The molecule has 0 aromatic carbocycles. The molecule has 0 aromatic rings. The molecule has 1 saturated heterocycles. The first-order chi connectivity index (χ1) is 17.2. The summed E-state index contributed by atoms with van der Waals surface area (Å²) in [5.41, 5.74) is -1.17. The number of Topliss-reactive ketones (excluding diaryl/α,β-unsaturated/α-hetero) is 1. The Morgan fingerprint density at radius 2 is 1.84 bits per heavy atom. The summed E-state index contributed by atoms with van der Waals surface area (Å²) in [6.45, 7) is 9.52. The molecule has 1 heterocycles. The minimum absolute atomic E-state index is 0.00619. The maximum atomic E-state index is 13.4. The molecule has 12 atom stereocenters. The van der Waals surface area contributed by atoms with E-state index in [1.165, 1.54) is 0 Å². The fourth-order valence-corrected chi connectivity index (χ4v) is 7.26. The van der Waals surface area contributed by atoms with Crippen LogP contribution in [0.1, 0.15) is 46.5 Å². The third-order valence-electron chi connectivity index (χ3n) is 9.65. The lowest BCUT2D eigenvalue weighted by molar-refractivity contribution is -0.309. The summed E-state index contributed by atoms with van der Waals surface area (Å²) >= 11 is 0. The van der Waals surface area contributed by atoms with Crippen LogP contribution < -0.4 is 0 Å². The average Bonchev–Trinajstić information content (AvgIpc) is 2.87. The number of ketones is 1. The van der Waals surface area contributed by atoms with Crippen LogP contribution in [0.5, 0.6) is 0 Å². The van der Waals surface area contributed by atoms with E-state index in [0.717, 1.165) is 25.5 Å². The molecule has 0 amide bonds. The van der Waals surface area contributed by atoms with Gasteiger partial charge >= 0.3 is 5.97 Å². The van der Waals surface area contributed by atoms with Crippen molar-refractivity contribution in [2.24, 2.45) is 28.1 Å². The van der Waals surface area contributed by atoms with Crippen LogP contribution in [0.15, 0.2) is 24.3 Å². The quantitative estimate of drug-likeness (QED) is 0.249. The van der Waals surface area contributed by atoms with Crippen LogP contribution in [-0.4, -0.2) is 93.9 Å². The molecule has 0 radical (unpaired) electrons.